The van der Waals surface area contributed by atoms with Gasteiger partial charge in [-0.05, 0) is 44.2 Å². The van der Waals surface area contributed by atoms with Crippen molar-refractivity contribution in [3.05, 3.63) is 60.7 Å². The lowest BCUT2D eigenvalue weighted by Crippen LogP contribution is -2.23. The van der Waals surface area contributed by atoms with Crippen LogP contribution in [0.1, 0.15) is 19.8 Å². The minimum absolute atomic E-state index is 0.234. The van der Waals surface area contributed by atoms with Crippen molar-refractivity contribution in [2.75, 3.05) is 19.3 Å². The van der Waals surface area contributed by atoms with Gasteiger partial charge in [-0.1, -0.05) is 74.0 Å². The van der Waals surface area contributed by atoms with Gasteiger partial charge in [-0.3, -0.25) is 0 Å². The molecule has 0 spiro atoms. The molecule has 20 heavy (non-hydrogen) atoms. The highest BCUT2D eigenvalue weighted by atomic mass is 31.1. The summed E-state index contributed by atoms with van der Waals surface area (Å²) < 4.78 is 0. The third-order valence-corrected chi connectivity index (χ3v) is 5.87. The van der Waals surface area contributed by atoms with E-state index in [1.807, 2.05) is 0 Å². The van der Waals surface area contributed by atoms with Gasteiger partial charge in [0.25, 0.3) is 0 Å². The molecule has 0 saturated carbocycles. The smallest absolute Gasteiger partial charge is 0.000347 e. The van der Waals surface area contributed by atoms with Crippen molar-refractivity contribution in [3.63, 3.8) is 0 Å². The van der Waals surface area contributed by atoms with Crippen molar-refractivity contribution in [2.24, 2.45) is 0 Å². The molecular formula is C18H24NP. The van der Waals surface area contributed by atoms with Crippen LogP contribution in [-0.2, 0) is 0 Å². The van der Waals surface area contributed by atoms with Crippen molar-refractivity contribution in [3.8, 4) is 0 Å². The topological polar surface area (TPSA) is 12.0 Å². The number of hydrogen-bond donors (Lipinski definition) is 1. The van der Waals surface area contributed by atoms with E-state index in [1.54, 1.807) is 0 Å². The summed E-state index contributed by atoms with van der Waals surface area (Å²) in [5, 5.41) is 6.53. The van der Waals surface area contributed by atoms with Gasteiger partial charge in [-0.25, -0.2) is 0 Å². The van der Waals surface area contributed by atoms with E-state index in [0.717, 1.165) is 13.1 Å². The maximum absolute atomic E-state index is 3.57. The first kappa shape index (κ1) is 15.2. The van der Waals surface area contributed by atoms with Crippen molar-refractivity contribution in [2.45, 2.75) is 19.8 Å². The molecule has 0 bridgehead atoms. The Morgan fingerprint density at radius 1 is 0.800 bits per heavy atom. The van der Waals surface area contributed by atoms with Gasteiger partial charge in [0.15, 0.2) is 0 Å². The van der Waals surface area contributed by atoms with Gasteiger partial charge in [-0.15, -0.1) is 0 Å². The summed E-state index contributed by atoms with van der Waals surface area (Å²) >= 11 is 0. The van der Waals surface area contributed by atoms with E-state index in [4.69, 9.17) is 0 Å². The first-order valence-electron chi connectivity index (χ1n) is 7.50. The highest BCUT2D eigenvalue weighted by Crippen LogP contribution is 2.32. The standard InChI is InChI=1S/C18H24NP/c1-2-3-14-19-15-16-20(17-10-6-4-7-11-17)18-12-8-5-9-13-18/h4-13,19H,2-3,14-16H2,1H3. The molecule has 0 fully saturated rings. The zero-order valence-corrected chi connectivity index (χ0v) is 13.2. The lowest BCUT2D eigenvalue weighted by atomic mass is 10.3. The second-order valence-corrected chi connectivity index (χ2v) is 7.26. The molecule has 0 aromatic heterocycles. The summed E-state index contributed by atoms with van der Waals surface area (Å²) in [5.41, 5.74) is 0. The molecule has 0 heterocycles. The van der Waals surface area contributed by atoms with Crippen LogP contribution in [0.15, 0.2) is 60.7 Å². The molecule has 2 heteroatoms. The van der Waals surface area contributed by atoms with Crippen LogP contribution in [0.3, 0.4) is 0 Å². The Labute approximate surface area is 124 Å². The van der Waals surface area contributed by atoms with Crippen molar-refractivity contribution >= 4 is 18.5 Å². The summed E-state index contributed by atoms with van der Waals surface area (Å²) in [6.07, 6.45) is 3.75. The minimum atomic E-state index is -0.234. The summed E-state index contributed by atoms with van der Waals surface area (Å²) in [5.74, 6) is 0. The summed E-state index contributed by atoms with van der Waals surface area (Å²) in [6, 6.07) is 21.9. The number of nitrogens with one attached hydrogen (secondary N) is 1. The van der Waals surface area contributed by atoms with Crippen molar-refractivity contribution in [1.29, 1.82) is 0 Å². The first-order valence-corrected chi connectivity index (χ1v) is 9.03. The highest BCUT2D eigenvalue weighted by Gasteiger charge is 2.12. The number of rotatable bonds is 8. The van der Waals surface area contributed by atoms with Crippen LogP contribution >= 0.6 is 7.92 Å². The van der Waals surface area contributed by atoms with Gasteiger partial charge in [0.05, 0.1) is 0 Å². The Kier molecular flexibility index (Phi) is 6.77. The highest BCUT2D eigenvalue weighted by molar-refractivity contribution is 7.73. The van der Waals surface area contributed by atoms with E-state index >= 15 is 0 Å². The average molecular weight is 285 g/mol. The van der Waals surface area contributed by atoms with Crippen LogP contribution in [0.5, 0.6) is 0 Å². The molecule has 1 nitrogen and oxygen atoms in total. The molecule has 106 valence electrons. The van der Waals surface area contributed by atoms with E-state index < -0.39 is 0 Å². The van der Waals surface area contributed by atoms with Crippen LogP contribution in [0, 0.1) is 0 Å². The summed E-state index contributed by atoms with van der Waals surface area (Å²) in [6.45, 7) is 4.49. The quantitative estimate of drug-likeness (QED) is 0.578. The number of hydrogen-bond acceptors (Lipinski definition) is 1. The van der Waals surface area contributed by atoms with E-state index in [2.05, 4.69) is 72.9 Å². The summed E-state index contributed by atoms with van der Waals surface area (Å²) in [4.78, 5) is 0. The zero-order chi connectivity index (χ0) is 14.0. The minimum Gasteiger partial charge on any atom is -0.316 e. The average Bonchev–Trinajstić information content (AvgIpc) is 2.53. The predicted octanol–water partition coefficient (Wildman–Crippen LogP) is 3.51. The largest absolute Gasteiger partial charge is 0.316 e. The van der Waals surface area contributed by atoms with Gasteiger partial charge in [0.1, 0.15) is 0 Å². The van der Waals surface area contributed by atoms with E-state index in [-0.39, 0.29) is 7.92 Å². The Morgan fingerprint density at radius 2 is 1.35 bits per heavy atom. The molecule has 1 N–H and O–H groups in total. The molecule has 2 rings (SSSR count). The van der Waals surface area contributed by atoms with Crippen LogP contribution in [0.4, 0.5) is 0 Å². The van der Waals surface area contributed by atoms with Crippen LogP contribution < -0.4 is 15.9 Å². The molecule has 0 aliphatic heterocycles. The second-order valence-electron chi connectivity index (χ2n) is 4.93. The van der Waals surface area contributed by atoms with Crippen LogP contribution in [-0.4, -0.2) is 19.3 Å². The fourth-order valence-electron chi connectivity index (χ4n) is 2.24. The molecule has 0 atom stereocenters. The first-order chi connectivity index (χ1) is 9.92. The van der Waals surface area contributed by atoms with Gasteiger partial charge in [-0.2, -0.15) is 0 Å². The van der Waals surface area contributed by atoms with E-state index in [9.17, 15) is 0 Å². The molecule has 2 aromatic rings. The van der Waals surface area contributed by atoms with Crippen molar-refractivity contribution in [1.82, 2.24) is 5.32 Å². The zero-order valence-electron chi connectivity index (χ0n) is 12.3. The van der Waals surface area contributed by atoms with Gasteiger partial charge < -0.3 is 5.32 Å². The Balaban J connectivity index is 2.02. The van der Waals surface area contributed by atoms with E-state index in [0.29, 0.717) is 0 Å². The van der Waals surface area contributed by atoms with Crippen molar-refractivity contribution < 1.29 is 0 Å². The monoisotopic (exact) mass is 285 g/mol. The molecule has 2 aromatic carbocycles. The Bertz CT molecular complexity index is 430. The Morgan fingerprint density at radius 3 is 1.85 bits per heavy atom. The molecule has 0 amide bonds. The fourth-order valence-corrected chi connectivity index (χ4v) is 4.50. The molecule has 0 saturated heterocycles. The predicted molar refractivity (Wildman–Crippen MR) is 91.7 cm³/mol. The number of benzene rings is 2. The summed E-state index contributed by atoms with van der Waals surface area (Å²) in [7, 11) is -0.234. The third kappa shape index (κ3) is 4.74. The maximum atomic E-state index is 3.57. The lowest BCUT2D eigenvalue weighted by Gasteiger charge is -2.19. The molecule has 0 radical (unpaired) electrons. The number of unbranched alkanes of at least 4 members (excludes halogenated alkanes) is 1. The molecular weight excluding hydrogens is 261 g/mol. The SMILES string of the molecule is CCCCNCCP(c1ccccc1)c1ccccc1. The Hall–Kier alpha value is -1.17. The lowest BCUT2D eigenvalue weighted by molar-refractivity contribution is 0.665. The van der Waals surface area contributed by atoms with Crippen LogP contribution in [0.2, 0.25) is 0 Å². The van der Waals surface area contributed by atoms with Gasteiger partial charge in [0.2, 0.25) is 0 Å². The maximum Gasteiger partial charge on any atom is -0.000347 e. The van der Waals surface area contributed by atoms with Gasteiger partial charge in [0, 0.05) is 0 Å². The molecule has 0 aliphatic rings. The third-order valence-electron chi connectivity index (χ3n) is 3.36. The second kappa shape index (κ2) is 8.89. The molecule has 0 unspecified atom stereocenters. The fraction of sp³-hybridized carbons (Fsp3) is 0.333. The van der Waals surface area contributed by atoms with E-state index in [1.165, 1.54) is 29.6 Å². The van der Waals surface area contributed by atoms with Crippen LogP contribution in [0.25, 0.3) is 0 Å². The van der Waals surface area contributed by atoms with Gasteiger partial charge >= 0.3 is 0 Å². The molecule has 0 aliphatic carbocycles. The normalized spacial score (nSPS) is 10.9.